The summed E-state index contributed by atoms with van der Waals surface area (Å²) in [6.07, 6.45) is 0. The third-order valence-corrected chi connectivity index (χ3v) is 21.5. The molecule has 12 aliphatic rings. The third-order valence-electron chi connectivity index (χ3n) is 15.0. The van der Waals surface area contributed by atoms with Crippen molar-refractivity contribution >= 4 is 63.7 Å². The molecule has 0 aromatic rings. The van der Waals surface area contributed by atoms with Crippen LogP contribution in [0, 0.1) is 71.0 Å². The van der Waals surface area contributed by atoms with Crippen molar-refractivity contribution in [1.82, 2.24) is 0 Å². The van der Waals surface area contributed by atoms with Gasteiger partial charge in [0, 0.05) is 63.9 Å². The van der Waals surface area contributed by atoms with Crippen molar-refractivity contribution in [3.05, 3.63) is 0 Å². The SMILES string of the molecule is CO[C@]12[C@H]3[C@@H]4[C@@H]5[C@@H]6[C@]7(OC)[C@H]4[C@@]4(Br)[C@@H]8[C@H]9[C@H]%10[C@H]([C@]1(Br)[C@H]9[C@@]34OC)[C@](Br)([C@@H]52)[C@@]6(OC)[C@@H]%10[C@@]87Br. The Kier molecular flexibility index (Phi) is 2.43. The van der Waals surface area contributed by atoms with Gasteiger partial charge in [-0.2, -0.15) is 0 Å². The van der Waals surface area contributed by atoms with E-state index >= 15 is 0 Å². The van der Waals surface area contributed by atoms with E-state index in [1.54, 1.807) is 0 Å². The maximum Gasteiger partial charge on any atom is 0.0942 e. The second-order valence-corrected chi connectivity index (χ2v) is 18.4. The lowest BCUT2D eigenvalue weighted by Crippen LogP contribution is -2.61. The number of hydrogen-bond donors (Lipinski definition) is 0. The first-order chi connectivity index (χ1) is 15.2. The smallest absolute Gasteiger partial charge is 0.0942 e. The summed E-state index contributed by atoms with van der Waals surface area (Å²) in [5.41, 5.74) is -0.831. The summed E-state index contributed by atoms with van der Waals surface area (Å²) < 4.78 is 27.5. The molecule has 0 unspecified atom stereocenters. The molecule has 12 aliphatic carbocycles. The standard InChI is InChI=1S/C24H24Br4O4/c1-29-21-11-5-6-10-17(11,25)23(31-3)14-8-7(15(21)23)13-19(21,27)9(5)18(26)12(6)22(30-2,20(10,14)28)16(8)24(13,18)32-4/h5-16H,1-4H3/t5-,6+,7-,8+,9-,10-,11+,12+,13-,14-,15+,16+,17+,18+,19+,20+,21-,22-,23-,24-/m1/s1. The lowest BCUT2D eigenvalue weighted by molar-refractivity contribution is -0.139. The quantitative estimate of drug-likeness (QED) is 0.422. The topological polar surface area (TPSA) is 36.9 Å². The van der Waals surface area contributed by atoms with Crippen LogP contribution < -0.4 is 0 Å². The highest BCUT2D eigenvalue weighted by molar-refractivity contribution is 9.11. The molecular formula is C24H24Br4O4. The van der Waals surface area contributed by atoms with Crippen molar-refractivity contribution in [3.63, 3.8) is 0 Å². The lowest BCUT2D eigenvalue weighted by atomic mass is 9.71. The zero-order chi connectivity index (χ0) is 21.8. The Balaban J connectivity index is 1.45. The van der Waals surface area contributed by atoms with Crippen LogP contribution in [0.4, 0.5) is 0 Å². The van der Waals surface area contributed by atoms with Crippen LogP contribution in [0.15, 0.2) is 0 Å². The van der Waals surface area contributed by atoms with Gasteiger partial charge in [-0.3, -0.25) is 0 Å². The average molecular weight is 696 g/mol. The van der Waals surface area contributed by atoms with Gasteiger partial charge in [0.15, 0.2) is 0 Å². The predicted molar refractivity (Wildman–Crippen MR) is 127 cm³/mol. The molecule has 0 heterocycles. The van der Waals surface area contributed by atoms with E-state index in [1.807, 2.05) is 28.4 Å². The van der Waals surface area contributed by atoms with Crippen LogP contribution in [0.25, 0.3) is 0 Å². The third kappa shape index (κ3) is 0.871. The van der Waals surface area contributed by atoms with Crippen LogP contribution in [0.5, 0.6) is 0 Å². The molecule has 12 saturated carbocycles. The molecule has 0 aromatic carbocycles. The van der Waals surface area contributed by atoms with E-state index in [0.29, 0.717) is 71.0 Å². The highest BCUT2D eigenvalue weighted by Crippen LogP contribution is 3.10. The highest BCUT2D eigenvalue weighted by atomic mass is 79.9. The van der Waals surface area contributed by atoms with Crippen molar-refractivity contribution in [2.24, 2.45) is 71.0 Å². The number of hydrogen-bond acceptors (Lipinski definition) is 4. The molecule has 12 fully saturated rings. The Morgan fingerprint density at radius 1 is 0.375 bits per heavy atom. The number of rotatable bonds is 4. The molecule has 12 rings (SSSR count). The first-order valence-corrected chi connectivity index (χ1v) is 15.3. The average Bonchev–Trinajstić information content (AvgIpc) is 3.58. The van der Waals surface area contributed by atoms with Crippen molar-refractivity contribution < 1.29 is 18.9 Å². The Morgan fingerprint density at radius 3 is 0.812 bits per heavy atom. The van der Waals surface area contributed by atoms with Gasteiger partial charge in [0.05, 0.1) is 39.7 Å². The second-order valence-electron chi connectivity index (χ2n) is 13.2. The zero-order valence-corrected chi connectivity index (χ0v) is 24.4. The minimum absolute atomic E-state index is 0.0626. The van der Waals surface area contributed by atoms with Crippen LogP contribution in [-0.4, -0.2) is 68.1 Å². The van der Waals surface area contributed by atoms with E-state index in [4.69, 9.17) is 18.9 Å². The van der Waals surface area contributed by atoms with E-state index in [1.165, 1.54) is 0 Å². The minimum Gasteiger partial charge on any atom is -0.376 e. The molecule has 8 heteroatoms. The van der Waals surface area contributed by atoms with Crippen molar-refractivity contribution in [2.45, 2.75) is 39.7 Å². The maximum absolute atomic E-state index is 6.95. The van der Waals surface area contributed by atoms with Crippen LogP contribution in [0.3, 0.4) is 0 Å². The molecule has 0 N–H and O–H groups in total. The van der Waals surface area contributed by atoms with Gasteiger partial charge in [0.25, 0.3) is 0 Å². The fourth-order valence-electron chi connectivity index (χ4n) is 16.6. The molecule has 0 saturated heterocycles. The predicted octanol–water partition coefficient (Wildman–Crippen LogP) is 3.61. The molecule has 4 nitrogen and oxygen atoms in total. The van der Waals surface area contributed by atoms with E-state index < -0.39 is 0 Å². The van der Waals surface area contributed by atoms with E-state index in [0.717, 1.165) is 0 Å². The number of ether oxygens (including phenoxy) is 4. The van der Waals surface area contributed by atoms with Gasteiger partial charge in [-0.1, -0.05) is 63.7 Å². The second kappa shape index (κ2) is 4.10. The van der Waals surface area contributed by atoms with Gasteiger partial charge in [-0.05, 0) is 35.5 Å². The van der Waals surface area contributed by atoms with Crippen LogP contribution in [0.2, 0.25) is 0 Å². The molecule has 20 atom stereocenters. The summed E-state index contributed by atoms with van der Waals surface area (Å²) in [6.45, 7) is 0. The molecule has 0 aromatic heterocycles. The summed E-state index contributed by atoms with van der Waals surface area (Å²) in [5.74, 6) is 5.83. The molecule has 0 aliphatic heterocycles. The zero-order valence-electron chi connectivity index (χ0n) is 18.1. The van der Waals surface area contributed by atoms with Crippen molar-refractivity contribution in [1.29, 1.82) is 0 Å². The van der Waals surface area contributed by atoms with Gasteiger partial charge in [-0.15, -0.1) is 0 Å². The number of alkyl halides is 4. The van der Waals surface area contributed by atoms with E-state index in [9.17, 15) is 0 Å². The van der Waals surface area contributed by atoms with Crippen LogP contribution in [0.1, 0.15) is 0 Å². The number of halogens is 4. The van der Waals surface area contributed by atoms with Gasteiger partial charge in [0.2, 0.25) is 0 Å². The molecule has 0 radical (unpaired) electrons. The summed E-state index contributed by atoms with van der Waals surface area (Å²) in [5, 5.41) is 0. The molecule has 32 heavy (non-hydrogen) atoms. The first-order valence-electron chi connectivity index (χ1n) is 12.2. The van der Waals surface area contributed by atoms with Crippen molar-refractivity contribution in [2.75, 3.05) is 28.4 Å². The largest absolute Gasteiger partial charge is 0.376 e. The fraction of sp³-hybridized carbons (Fsp3) is 1.00. The Labute approximate surface area is 220 Å². The highest BCUT2D eigenvalue weighted by Gasteiger charge is 3.19. The molecule has 0 bridgehead atoms. The monoisotopic (exact) mass is 692 g/mol. The summed E-state index contributed by atoms with van der Waals surface area (Å²) in [7, 11) is 8.02. The Morgan fingerprint density at radius 2 is 0.594 bits per heavy atom. The minimum atomic E-state index is -0.212. The molecular weight excluding hydrogens is 672 g/mol. The Bertz CT molecular complexity index is 1080. The summed E-state index contributed by atoms with van der Waals surface area (Å²) in [6, 6.07) is 0. The summed E-state index contributed by atoms with van der Waals surface area (Å²) in [4.78, 5) is 0. The number of methoxy groups -OCH3 is 4. The van der Waals surface area contributed by atoms with Crippen molar-refractivity contribution in [3.8, 4) is 0 Å². The van der Waals surface area contributed by atoms with Crippen LogP contribution >= 0.6 is 63.7 Å². The van der Waals surface area contributed by atoms with Crippen LogP contribution in [-0.2, 0) is 18.9 Å². The fourth-order valence-corrected chi connectivity index (χ4v) is 25.1. The van der Waals surface area contributed by atoms with E-state index in [2.05, 4.69) is 63.7 Å². The van der Waals surface area contributed by atoms with E-state index in [-0.39, 0.29) is 39.7 Å². The molecule has 0 spiro atoms. The lowest BCUT2D eigenvalue weighted by Gasteiger charge is -2.50. The van der Waals surface area contributed by atoms with Gasteiger partial charge < -0.3 is 18.9 Å². The Hall–Kier alpha value is 1.76. The maximum atomic E-state index is 6.95. The van der Waals surface area contributed by atoms with Gasteiger partial charge >= 0.3 is 0 Å². The first kappa shape index (κ1) is 18.9. The van der Waals surface area contributed by atoms with Gasteiger partial charge in [-0.25, -0.2) is 0 Å². The molecule has 0 amide bonds. The summed E-state index contributed by atoms with van der Waals surface area (Å²) >= 11 is 18.4. The van der Waals surface area contributed by atoms with Gasteiger partial charge in [0.1, 0.15) is 0 Å². The normalized spacial score (nSPS) is 90.8. The molecule has 172 valence electrons.